The van der Waals surface area contributed by atoms with Gasteiger partial charge in [0.05, 0.1) is 5.54 Å². The van der Waals surface area contributed by atoms with Crippen LogP contribution in [0.2, 0.25) is 0 Å². The van der Waals surface area contributed by atoms with Crippen molar-refractivity contribution in [2.24, 2.45) is 5.73 Å². The second-order valence-electron chi connectivity index (χ2n) is 7.60. The van der Waals surface area contributed by atoms with Crippen LogP contribution in [0.15, 0.2) is 30.3 Å². The SMILES string of the molecule is CC1CCN(C(=O)C2(N)CCCCC2)CCN1Cc1ccccc1.Cl.Cl. The molecule has 1 saturated heterocycles. The molecule has 2 fully saturated rings. The van der Waals surface area contributed by atoms with Gasteiger partial charge in [0.25, 0.3) is 0 Å². The van der Waals surface area contributed by atoms with E-state index in [0.717, 1.165) is 58.3 Å². The van der Waals surface area contributed by atoms with Crippen molar-refractivity contribution < 1.29 is 4.79 Å². The van der Waals surface area contributed by atoms with Crippen LogP contribution in [0.3, 0.4) is 0 Å². The number of carbonyl (C=O) groups is 1. The number of nitrogens with two attached hydrogens (primary N) is 1. The number of amides is 1. The van der Waals surface area contributed by atoms with Gasteiger partial charge in [-0.25, -0.2) is 0 Å². The summed E-state index contributed by atoms with van der Waals surface area (Å²) in [6.07, 6.45) is 6.12. The van der Waals surface area contributed by atoms with Crippen LogP contribution in [0.4, 0.5) is 0 Å². The molecule has 26 heavy (non-hydrogen) atoms. The quantitative estimate of drug-likeness (QED) is 0.840. The Morgan fingerprint density at radius 3 is 2.38 bits per heavy atom. The second kappa shape index (κ2) is 10.5. The molecule has 0 radical (unpaired) electrons. The Hall–Kier alpha value is -0.810. The van der Waals surface area contributed by atoms with Crippen molar-refractivity contribution in [2.45, 2.75) is 63.6 Å². The van der Waals surface area contributed by atoms with Crippen LogP contribution in [0.1, 0.15) is 51.0 Å². The standard InChI is InChI=1S/C20H31N3O.2ClH/c1-17-10-13-22(19(24)20(21)11-6-3-7-12-20)14-15-23(17)16-18-8-4-2-5-9-18;;/h2,4-5,8-9,17H,3,6-7,10-16,21H2,1H3;2*1H. The minimum atomic E-state index is -0.601. The summed E-state index contributed by atoms with van der Waals surface area (Å²) < 4.78 is 0. The summed E-state index contributed by atoms with van der Waals surface area (Å²) in [5.74, 6) is 0.191. The molecule has 1 saturated carbocycles. The van der Waals surface area contributed by atoms with Gasteiger partial charge in [-0.1, -0.05) is 49.6 Å². The summed E-state index contributed by atoms with van der Waals surface area (Å²) in [6, 6.07) is 11.1. The van der Waals surface area contributed by atoms with Gasteiger partial charge in [0, 0.05) is 32.2 Å². The fourth-order valence-electron chi connectivity index (χ4n) is 4.07. The topological polar surface area (TPSA) is 49.6 Å². The highest BCUT2D eigenvalue weighted by Crippen LogP contribution is 2.28. The molecule has 1 aliphatic heterocycles. The minimum absolute atomic E-state index is 0. The zero-order valence-corrected chi connectivity index (χ0v) is 17.4. The Balaban J connectivity index is 0.00000169. The average Bonchev–Trinajstić information content (AvgIpc) is 2.78. The number of rotatable bonds is 3. The normalized spacial score (nSPS) is 23.3. The lowest BCUT2D eigenvalue weighted by atomic mass is 9.81. The third kappa shape index (κ3) is 5.59. The van der Waals surface area contributed by atoms with E-state index < -0.39 is 5.54 Å². The summed E-state index contributed by atoms with van der Waals surface area (Å²) in [5, 5.41) is 0. The third-order valence-electron chi connectivity index (χ3n) is 5.78. The maximum absolute atomic E-state index is 13.0. The molecule has 0 bridgehead atoms. The van der Waals surface area contributed by atoms with E-state index in [2.05, 4.69) is 42.2 Å². The lowest BCUT2D eigenvalue weighted by molar-refractivity contribution is -0.138. The lowest BCUT2D eigenvalue weighted by Crippen LogP contribution is -2.56. The predicted molar refractivity (Wildman–Crippen MR) is 112 cm³/mol. The van der Waals surface area contributed by atoms with E-state index in [-0.39, 0.29) is 30.7 Å². The molecule has 3 rings (SSSR count). The summed E-state index contributed by atoms with van der Waals surface area (Å²) in [7, 11) is 0. The van der Waals surface area contributed by atoms with Crippen molar-refractivity contribution in [3.63, 3.8) is 0 Å². The summed E-state index contributed by atoms with van der Waals surface area (Å²) in [4.78, 5) is 17.5. The highest BCUT2D eigenvalue weighted by molar-refractivity contribution is 5.86. The first-order valence-corrected chi connectivity index (χ1v) is 9.45. The largest absolute Gasteiger partial charge is 0.340 e. The van der Waals surface area contributed by atoms with Crippen molar-refractivity contribution in [2.75, 3.05) is 19.6 Å². The van der Waals surface area contributed by atoms with Gasteiger partial charge in [0.15, 0.2) is 0 Å². The maximum atomic E-state index is 13.0. The van der Waals surface area contributed by atoms with Gasteiger partial charge in [-0.2, -0.15) is 0 Å². The lowest BCUT2D eigenvalue weighted by Gasteiger charge is -2.36. The van der Waals surface area contributed by atoms with Crippen LogP contribution < -0.4 is 5.73 Å². The van der Waals surface area contributed by atoms with Crippen molar-refractivity contribution in [3.8, 4) is 0 Å². The van der Waals surface area contributed by atoms with Crippen molar-refractivity contribution in [1.29, 1.82) is 0 Å². The van der Waals surface area contributed by atoms with Gasteiger partial charge in [0.2, 0.25) is 5.91 Å². The van der Waals surface area contributed by atoms with E-state index in [1.165, 1.54) is 12.0 Å². The van der Waals surface area contributed by atoms with Gasteiger partial charge in [-0.15, -0.1) is 24.8 Å². The number of nitrogens with zero attached hydrogens (tertiary/aromatic N) is 2. The maximum Gasteiger partial charge on any atom is 0.242 e. The predicted octanol–water partition coefficient (Wildman–Crippen LogP) is 3.61. The molecule has 1 aromatic carbocycles. The van der Waals surface area contributed by atoms with Crippen molar-refractivity contribution in [3.05, 3.63) is 35.9 Å². The molecule has 1 amide bonds. The Morgan fingerprint density at radius 2 is 1.73 bits per heavy atom. The number of hydrogen-bond donors (Lipinski definition) is 1. The Labute approximate surface area is 170 Å². The third-order valence-corrected chi connectivity index (χ3v) is 5.78. The fourth-order valence-corrected chi connectivity index (χ4v) is 4.07. The highest BCUT2D eigenvalue weighted by atomic mass is 35.5. The van der Waals surface area contributed by atoms with Crippen molar-refractivity contribution >= 4 is 30.7 Å². The zero-order chi connectivity index (χ0) is 17.0. The monoisotopic (exact) mass is 401 g/mol. The molecule has 0 aromatic heterocycles. The molecular formula is C20H33Cl2N3O. The minimum Gasteiger partial charge on any atom is -0.340 e. The molecule has 1 unspecified atom stereocenters. The van der Waals surface area contributed by atoms with E-state index in [1.807, 2.05) is 4.90 Å². The van der Waals surface area contributed by atoms with E-state index >= 15 is 0 Å². The van der Waals surface area contributed by atoms with E-state index in [0.29, 0.717) is 6.04 Å². The Morgan fingerprint density at radius 1 is 1.08 bits per heavy atom. The van der Waals surface area contributed by atoms with Gasteiger partial charge < -0.3 is 10.6 Å². The Bertz CT molecular complexity index is 549. The molecule has 4 nitrogen and oxygen atoms in total. The van der Waals surface area contributed by atoms with Gasteiger partial charge in [-0.3, -0.25) is 9.69 Å². The van der Waals surface area contributed by atoms with E-state index in [1.54, 1.807) is 0 Å². The number of halogens is 2. The van der Waals surface area contributed by atoms with E-state index in [9.17, 15) is 4.79 Å². The number of carbonyl (C=O) groups excluding carboxylic acids is 1. The van der Waals surface area contributed by atoms with Gasteiger partial charge in [-0.05, 0) is 31.7 Å². The Kier molecular flexibility index (Phi) is 9.39. The first-order valence-electron chi connectivity index (χ1n) is 9.45. The second-order valence-corrected chi connectivity index (χ2v) is 7.60. The molecule has 6 heteroatoms. The number of benzene rings is 1. The average molecular weight is 402 g/mol. The summed E-state index contributed by atoms with van der Waals surface area (Å²) in [5.41, 5.74) is 7.21. The first kappa shape index (κ1) is 23.2. The first-order chi connectivity index (χ1) is 11.6. The highest BCUT2D eigenvalue weighted by Gasteiger charge is 2.39. The zero-order valence-electron chi connectivity index (χ0n) is 15.7. The van der Waals surface area contributed by atoms with Gasteiger partial charge >= 0.3 is 0 Å². The molecular weight excluding hydrogens is 369 g/mol. The molecule has 148 valence electrons. The molecule has 1 atom stereocenters. The van der Waals surface area contributed by atoms with Crippen LogP contribution in [-0.4, -0.2) is 46.9 Å². The number of hydrogen-bond acceptors (Lipinski definition) is 3. The molecule has 1 aromatic rings. The molecule has 0 spiro atoms. The fraction of sp³-hybridized carbons (Fsp3) is 0.650. The van der Waals surface area contributed by atoms with Crippen LogP contribution >= 0.6 is 24.8 Å². The molecule has 1 aliphatic carbocycles. The van der Waals surface area contributed by atoms with Crippen LogP contribution in [-0.2, 0) is 11.3 Å². The van der Waals surface area contributed by atoms with Crippen LogP contribution in [0, 0.1) is 0 Å². The summed E-state index contributed by atoms with van der Waals surface area (Å²) >= 11 is 0. The summed E-state index contributed by atoms with van der Waals surface area (Å²) in [6.45, 7) is 5.80. The van der Waals surface area contributed by atoms with Crippen LogP contribution in [0.5, 0.6) is 0 Å². The van der Waals surface area contributed by atoms with Gasteiger partial charge in [0.1, 0.15) is 0 Å². The molecule has 2 N–H and O–H groups in total. The molecule has 1 heterocycles. The van der Waals surface area contributed by atoms with Crippen LogP contribution in [0.25, 0.3) is 0 Å². The smallest absolute Gasteiger partial charge is 0.242 e. The van der Waals surface area contributed by atoms with E-state index in [4.69, 9.17) is 5.73 Å². The van der Waals surface area contributed by atoms with Crippen molar-refractivity contribution in [1.82, 2.24) is 9.80 Å². The molecule has 2 aliphatic rings.